The highest BCUT2D eigenvalue weighted by Crippen LogP contribution is 2.25. The van der Waals surface area contributed by atoms with Gasteiger partial charge in [0.1, 0.15) is 18.0 Å². The Bertz CT molecular complexity index is 420. The van der Waals surface area contributed by atoms with Crippen molar-refractivity contribution in [2.75, 3.05) is 29.9 Å². The fraction of sp³-hybridized carbons (Fsp3) is 0.714. The van der Waals surface area contributed by atoms with E-state index in [1.165, 1.54) is 25.7 Å². The van der Waals surface area contributed by atoms with Crippen LogP contribution in [-0.2, 0) is 0 Å². The zero-order valence-electron chi connectivity index (χ0n) is 11.3. The lowest BCUT2D eigenvalue weighted by molar-refractivity contribution is 0.238. The minimum absolute atomic E-state index is 0.273. The van der Waals surface area contributed by atoms with Crippen LogP contribution in [0.3, 0.4) is 0 Å². The van der Waals surface area contributed by atoms with Gasteiger partial charge >= 0.3 is 0 Å². The fourth-order valence-electron chi connectivity index (χ4n) is 3.07. The van der Waals surface area contributed by atoms with Gasteiger partial charge in [-0.1, -0.05) is 12.8 Å². The molecule has 19 heavy (non-hydrogen) atoms. The summed E-state index contributed by atoms with van der Waals surface area (Å²) in [5.41, 5.74) is 0. The van der Waals surface area contributed by atoms with E-state index >= 15 is 0 Å². The first-order valence-electron chi connectivity index (χ1n) is 7.29. The highest BCUT2D eigenvalue weighted by Gasteiger charge is 2.23. The molecule has 2 N–H and O–H groups in total. The van der Waals surface area contributed by atoms with Gasteiger partial charge in [0.25, 0.3) is 0 Å². The van der Waals surface area contributed by atoms with E-state index in [9.17, 15) is 5.11 Å². The van der Waals surface area contributed by atoms with Crippen molar-refractivity contribution in [1.29, 1.82) is 0 Å². The summed E-state index contributed by atoms with van der Waals surface area (Å²) in [6.07, 6.45) is 7.82. The Labute approximate surface area is 114 Å². The largest absolute Gasteiger partial charge is 0.396 e. The molecule has 2 aliphatic rings. The molecular weight excluding hydrogens is 240 g/mol. The van der Waals surface area contributed by atoms with E-state index < -0.39 is 0 Å². The number of aliphatic hydroxyl groups is 1. The smallest absolute Gasteiger partial charge is 0.134 e. The fourth-order valence-corrected chi connectivity index (χ4v) is 3.07. The van der Waals surface area contributed by atoms with E-state index in [2.05, 4.69) is 20.2 Å². The molecule has 0 aromatic carbocycles. The van der Waals surface area contributed by atoms with Crippen LogP contribution in [0.15, 0.2) is 12.4 Å². The second kappa shape index (κ2) is 5.74. The Morgan fingerprint density at radius 3 is 2.84 bits per heavy atom. The van der Waals surface area contributed by atoms with Gasteiger partial charge < -0.3 is 15.3 Å². The van der Waals surface area contributed by atoms with E-state index in [0.29, 0.717) is 12.0 Å². The quantitative estimate of drug-likeness (QED) is 0.864. The average molecular weight is 262 g/mol. The molecule has 0 amide bonds. The van der Waals surface area contributed by atoms with Crippen LogP contribution in [0.25, 0.3) is 0 Å². The van der Waals surface area contributed by atoms with Gasteiger partial charge in [-0.2, -0.15) is 0 Å². The maximum Gasteiger partial charge on any atom is 0.134 e. The highest BCUT2D eigenvalue weighted by molar-refractivity contribution is 5.49. The molecule has 0 bridgehead atoms. The molecule has 1 aromatic heterocycles. The Morgan fingerprint density at radius 2 is 2.11 bits per heavy atom. The summed E-state index contributed by atoms with van der Waals surface area (Å²) in [7, 11) is 0. The summed E-state index contributed by atoms with van der Waals surface area (Å²) in [6.45, 7) is 2.15. The van der Waals surface area contributed by atoms with Crippen LogP contribution in [-0.4, -0.2) is 40.8 Å². The number of nitrogens with one attached hydrogen (secondary N) is 1. The van der Waals surface area contributed by atoms with Crippen molar-refractivity contribution in [3.63, 3.8) is 0 Å². The Kier molecular flexibility index (Phi) is 3.82. The van der Waals surface area contributed by atoms with Crippen molar-refractivity contribution >= 4 is 11.6 Å². The van der Waals surface area contributed by atoms with Gasteiger partial charge in [-0.3, -0.25) is 0 Å². The van der Waals surface area contributed by atoms with Gasteiger partial charge in [0.05, 0.1) is 0 Å². The summed E-state index contributed by atoms with van der Waals surface area (Å²) < 4.78 is 0. The molecule has 1 saturated carbocycles. The second-order valence-electron chi connectivity index (χ2n) is 5.67. The summed E-state index contributed by atoms with van der Waals surface area (Å²) in [6, 6.07) is 2.62. The summed E-state index contributed by atoms with van der Waals surface area (Å²) >= 11 is 0. The molecule has 1 aliphatic carbocycles. The van der Waals surface area contributed by atoms with Crippen molar-refractivity contribution in [3.05, 3.63) is 12.4 Å². The maximum absolute atomic E-state index is 9.20. The predicted molar refractivity (Wildman–Crippen MR) is 75.3 cm³/mol. The van der Waals surface area contributed by atoms with Gasteiger partial charge in [0.2, 0.25) is 0 Å². The Hall–Kier alpha value is -1.36. The Balaban J connectivity index is 1.65. The third kappa shape index (κ3) is 2.97. The number of hydrogen-bond donors (Lipinski definition) is 2. The molecule has 1 saturated heterocycles. The molecule has 0 radical (unpaired) electrons. The molecule has 1 atom stereocenters. The topological polar surface area (TPSA) is 61.3 Å². The van der Waals surface area contributed by atoms with E-state index in [4.69, 9.17) is 0 Å². The number of aliphatic hydroxyl groups excluding tert-OH is 1. The lowest BCUT2D eigenvalue weighted by Gasteiger charge is -2.19. The molecule has 5 nitrogen and oxygen atoms in total. The third-order valence-electron chi connectivity index (χ3n) is 4.23. The lowest BCUT2D eigenvalue weighted by Crippen LogP contribution is -2.22. The van der Waals surface area contributed by atoms with Gasteiger partial charge in [-0.05, 0) is 19.3 Å². The molecule has 1 aliphatic heterocycles. The molecule has 104 valence electrons. The molecule has 1 unspecified atom stereocenters. The first kappa shape index (κ1) is 12.7. The highest BCUT2D eigenvalue weighted by atomic mass is 16.3. The molecule has 0 spiro atoms. The zero-order chi connectivity index (χ0) is 13.1. The number of aromatic nitrogens is 2. The van der Waals surface area contributed by atoms with E-state index in [0.717, 1.165) is 31.1 Å². The Morgan fingerprint density at radius 1 is 1.26 bits per heavy atom. The van der Waals surface area contributed by atoms with E-state index in [1.807, 2.05) is 6.07 Å². The van der Waals surface area contributed by atoms with Gasteiger partial charge in [0, 0.05) is 37.7 Å². The first-order chi connectivity index (χ1) is 9.35. The van der Waals surface area contributed by atoms with E-state index in [1.54, 1.807) is 6.33 Å². The average Bonchev–Trinajstić information content (AvgIpc) is 3.09. The minimum atomic E-state index is 0.273. The van der Waals surface area contributed by atoms with Gasteiger partial charge in [-0.15, -0.1) is 0 Å². The van der Waals surface area contributed by atoms with Crippen molar-refractivity contribution in [2.24, 2.45) is 5.92 Å². The molecule has 2 fully saturated rings. The summed E-state index contributed by atoms with van der Waals surface area (Å²) in [5, 5.41) is 12.7. The predicted octanol–water partition coefficient (Wildman–Crippen LogP) is 1.65. The molecule has 3 rings (SSSR count). The van der Waals surface area contributed by atoms with Crippen LogP contribution >= 0.6 is 0 Å². The van der Waals surface area contributed by atoms with Crippen molar-refractivity contribution in [3.8, 4) is 0 Å². The number of hydrogen-bond acceptors (Lipinski definition) is 5. The minimum Gasteiger partial charge on any atom is -0.396 e. The van der Waals surface area contributed by atoms with Gasteiger partial charge in [0.15, 0.2) is 0 Å². The van der Waals surface area contributed by atoms with Crippen LogP contribution in [0.4, 0.5) is 11.6 Å². The second-order valence-corrected chi connectivity index (χ2v) is 5.67. The standard InChI is InChI=1S/C14H22N4O/c19-9-11-5-6-18(8-11)14-7-13(15-10-16-14)17-12-3-1-2-4-12/h7,10-12,19H,1-6,8-9H2,(H,15,16,17). The first-order valence-corrected chi connectivity index (χ1v) is 7.29. The summed E-state index contributed by atoms with van der Waals surface area (Å²) in [5.74, 6) is 2.30. The SMILES string of the molecule is OCC1CCN(c2cc(NC3CCCC3)ncn2)C1. The lowest BCUT2D eigenvalue weighted by atomic mass is 10.1. The summed E-state index contributed by atoms with van der Waals surface area (Å²) in [4.78, 5) is 10.9. The van der Waals surface area contributed by atoms with Gasteiger partial charge in [-0.25, -0.2) is 9.97 Å². The van der Waals surface area contributed by atoms with Crippen LogP contribution in [0.5, 0.6) is 0 Å². The van der Waals surface area contributed by atoms with E-state index in [-0.39, 0.29) is 6.61 Å². The monoisotopic (exact) mass is 262 g/mol. The van der Waals surface area contributed by atoms with Crippen LogP contribution < -0.4 is 10.2 Å². The molecule has 1 aromatic rings. The molecular formula is C14H22N4O. The molecule has 2 heterocycles. The number of anilines is 2. The van der Waals surface area contributed by atoms with Crippen LogP contribution in [0, 0.1) is 5.92 Å². The maximum atomic E-state index is 9.20. The normalized spacial score (nSPS) is 24.1. The van der Waals surface area contributed by atoms with Crippen molar-refractivity contribution in [1.82, 2.24) is 9.97 Å². The van der Waals surface area contributed by atoms with Crippen LogP contribution in [0.1, 0.15) is 32.1 Å². The number of nitrogens with zero attached hydrogens (tertiary/aromatic N) is 3. The van der Waals surface area contributed by atoms with Crippen molar-refractivity contribution < 1.29 is 5.11 Å². The molecule has 5 heteroatoms. The van der Waals surface area contributed by atoms with Crippen LogP contribution in [0.2, 0.25) is 0 Å². The third-order valence-corrected chi connectivity index (χ3v) is 4.23. The number of rotatable bonds is 4. The van der Waals surface area contributed by atoms with Crippen molar-refractivity contribution in [2.45, 2.75) is 38.1 Å². The zero-order valence-corrected chi connectivity index (χ0v) is 11.3.